The Kier molecular flexibility index (Phi) is 4.09. The Morgan fingerprint density at radius 1 is 1.32 bits per heavy atom. The minimum atomic E-state index is -0.335. The Labute approximate surface area is 150 Å². The number of H-pyrrole nitrogens is 1. The van der Waals surface area contributed by atoms with Gasteiger partial charge in [0.25, 0.3) is 5.56 Å². The van der Waals surface area contributed by atoms with Crippen molar-refractivity contribution in [2.45, 2.75) is 23.8 Å². The average Bonchev–Trinajstić information content (AvgIpc) is 3.11. The summed E-state index contributed by atoms with van der Waals surface area (Å²) in [7, 11) is 0. The van der Waals surface area contributed by atoms with Gasteiger partial charge in [0, 0.05) is 16.9 Å². The van der Waals surface area contributed by atoms with Crippen LogP contribution in [0, 0.1) is 12.7 Å². The lowest BCUT2D eigenvalue weighted by atomic mass is 10.0. The first kappa shape index (κ1) is 16.3. The van der Waals surface area contributed by atoms with Crippen molar-refractivity contribution in [1.82, 2.24) is 9.97 Å². The van der Waals surface area contributed by atoms with Crippen LogP contribution in [-0.2, 0) is 9.53 Å². The summed E-state index contributed by atoms with van der Waals surface area (Å²) in [6.45, 7) is 2.31. The third kappa shape index (κ3) is 2.96. The number of hydrogen-bond acceptors (Lipinski definition) is 6. The van der Waals surface area contributed by atoms with Crippen molar-refractivity contribution in [1.29, 1.82) is 0 Å². The van der Waals surface area contributed by atoms with Gasteiger partial charge in [-0.05, 0) is 24.6 Å². The van der Waals surface area contributed by atoms with Gasteiger partial charge >= 0.3 is 5.97 Å². The lowest BCUT2D eigenvalue weighted by Gasteiger charge is -2.05. The molecule has 2 aromatic heterocycles. The Morgan fingerprint density at radius 3 is 2.76 bits per heavy atom. The van der Waals surface area contributed by atoms with Crippen molar-refractivity contribution >= 4 is 39.3 Å². The molecule has 25 heavy (non-hydrogen) atoms. The summed E-state index contributed by atoms with van der Waals surface area (Å²) in [5.41, 5.74) is 1.28. The first-order chi connectivity index (χ1) is 12.0. The number of thioether (sulfide) groups is 1. The molecule has 128 valence electrons. The fourth-order valence-electron chi connectivity index (χ4n) is 2.84. The van der Waals surface area contributed by atoms with Gasteiger partial charge in [-0.2, -0.15) is 0 Å². The van der Waals surface area contributed by atoms with Gasteiger partial charge in [-0.3, -0.25) is 9.59 Å². The molecule has 0 aliphatic carbocycles. The summed E-state index contributed by atoms with van der Waals surface area (Å²) in [4.78, 5) is 33.0. The van der Waals surface area contributed by atoms with E-state index in [0.717, 1.165) is 16.0 Å². The molecule has 0 unspecified atom stereocenters. The van der Waals surface area contributed by atoms with E-state index in [-0.39, 0.29) is 22.6 Å². The van der Waals surface area contributed by atoms with Gasteiger partial charge in [-0.15, -0.1) is 11.3 Å². The number of hydrogen-bond donors (Lipinski definition) is 1. The number of esters is 1. The zero-order valence-electron chi connectivity index (χ0n) is 13.2. The fourth-order valence-corrected chi connectivity index (χ4v) is 4.89. The van der Waals surface area contributed by atoms with Gasteiger partial charge in [0.2, 0.25) is 0 Å². The van der Waals surface area contributed by atoms with E-state index in [1.165, 1.54) is 35.2 Å². The lowest BCUT2D eigenvalue weighted by molar-refractivity contribution is -0.137. The predicted octanol–water partition coefficient (Wildman–Crippen LogP) is 3.51. The number of fused-ring (bicyclic) bond motifs is 1. The van der Waals surface area contributed by atoms with Crippen molar-refractivity contribution in [3.63, 3.8) is 0 Å². The highest BCUT2D eigenvalue weighted by Gasteiger charge is 2.29. The van der Waals surface area contributed by atoms with Crippen LogP contribution in [0.2, 0.25) is 0 Å². The quantitative estimate of drug-likeness (QED) is 0.559. The number of halogens is 1. The lowest BCUT2D eigenvalue weighted by Crippen LogP contribution is -2.13. The van der Waals surface area contributed by atoms with Crippen LogP contribution in [0.4, 0.5) is 4.39 Å². The highest BCUT2D eigenvalue weighted by molar-refractivity contribution is 8.00. The normalized spacial score (nSPS) is 17.2. The van der Waals surface area contributed by atoms with Crippen molar-refractivity contribution in [2.24, 2.45) is 0 Å². The molecule has 3 aromatic rings. The van der Waals surface area contributed by atoms with Gasteiger partial charge in [-0.25, -0.2) is 9.37 Å². The number of thiophene rings is 1. The van der Waals surface area contributed by atoms with E-state index < -0.39 is 0 Å². The maximum Gasteiger partial charge on any atom is 0.319 e. The maximum absolute atomic E-state index is 13.2. The van der Waals surface area contributed by atoms with E-state index >= 15 is 0 Å². The number of nitrogens with zero attached hydrogens (tertiary/aromatic N) is 1. The second-order valence-corrected chi connectivity index (χ2v) is 8.05. The number of aryl methyl sites for hydroxylation is 1. The third-order valence-corrected chi connectivity index (χ3v) is 6.12. The summed E-state index contributed by atoms with van der Waals surface area (Å²) in [5, 5.41) is 0.568. The van der Waals surface area contributed by atoms with Gasteiger partial charge in [0.15, 0.2) is 5.16 Å². The number of rotatable bonds is 3. The summed E-state index contributed by atoms with van der Waals surface area (Å²) in [6, 6.07) is 6.05. The number of nitrogens with one attached hydrogen (secondary N) is 1. The van der Waals surface area contributed by atoms with Crippen LogP contribution in [0.15, 0.2) is 34.2 Å². The topological polar surface area (TPSA) is 72.0 Å². The van der Waals surface area contributed by atoms with Crippen LogP contribution in [0.1, 0.15) is 11.3 Å². The number of carbonyl (C=O) groups is 1. The third-order valence-electron chi connectivity index (χ3n) is 3.99. The van der Waals surface area contributed by atoms with Crippen LogP contribution >= 0.6 is 23.1 Å². The van der Waals surface area contributed by atoms with E-state index in [2.05, 4.69) is 9.97 Å². The van der Waals surface area contributed by atoms with Crippen molar-refractivity contribution in [2.75, 3.05) is 6.61 Å². The largest absolute Gasteiger partial charge is 0.465 e. The summed E-state index contributed by atoms with van der Waals surface area (Å²) < 4.78 is 18.1. The highest BCUT2D eigenvalue weighted by Crippen LogP contribution is 2.36. The molecule has 1 fully saturated rings. The molecule has 3 heterocycles. The van der Waals surface area contributed by atoms with Gasteiger partial charge in [-0.1, -0.05) is 23.9 Å². The number of ether oxygens (including phenoxy) is 1. The van der Waals surface area contributed by atoms with Crippen LogP contribution in [0.25, 0.3) is 21.3 Å². The standard InChI is InChI=1S/C17H13FN2O3S2/c1-8-12(9-2-4-10(18)5-3-9)13-14(21)19-17(20-15(13)24-8)25-11-6-7-23-16(11)22/h2-5,11H,6-7H2,1H3,(H,19,20,21)/t11-/m0/s1. The number of aromatic nitrogens is 2. The molecule has 1 saturated heterocycles. The average molecular weight is 376 g/mol. The maximum atomic E-state index is 13.2. The minimum absolute atomic E-state index is 0.262. The molecule has 0 saturated carbocycles. The SMILES string of the molecule is Cc1sc2nc(S[C@H]3CCOC3=O)[nH]c(=O)c2c1-c1ccc(F)cc1. The number of aromatic amines is 1. The van der Waals surface area contributed by atoms with E-state index in [0.29, 0.717) is 28.4 Å². The van der Waals surface area contributed by atoms with Gasteiger partial charge in [0.1, 0.15) is 15.9 Å². The molecule has 1 aliphatic heterocycles. The van der Waals surface area contributed by atoms with Crippen LogP contribution in [-0.4, -0.2) is 27.8 Å². The number of benzene rings is 1. The second-order valence-electron chi connectivity index (χ2n) is 5.65. The van der Waals surface area contributed by atoms with Gasteiger partial charge < -0.3 is 9.72 Å². The van der Waals surface area contributed by atoms with Crippen molar-refractivity contribution in [3.8, 4) is 11.1 Å². The van der Waals surface area contributed by atoms with Crippen LogP contribution in [0.5, 0.6) is 0 Å². The highest BCUT2D eigenvalue weighted by atomic mass is 32.2. The predicted molar refractivity (Wildman–Crippen MR) is 95.6 cm³/mol. The van der Waals surface area contributed by atoms with Crippen LogP contribution in [0.3, 0.4) is 0 Å². The Morgan fingerprint density at radius 2 is 2.08 bits per heavy atom. The molecule has 1 aliphatic rings. The molecular formula is C17H13FN2O3S2. The number of carbonyl (C=O) groups excluding carboxylic acids is 1. The molecule has 1 N–H and O–H groups in total. The van der Waals surface area contributed by atoms with Crippen LogP contribution < -0.4 is 5.56 Å². The molecule has 4 rings (SSSR count). The smallest absolute Gasteiger partial charge is 0.319 e. The molecule has 0 amide bonds. The first-order valence-corrected chi connectivity index (χ1v) is 9.35. The Bertz CT molecular complexity index is 1030. The first-order valence-electron chi connectivity index (χ1n) is 7.65. The fraction of sp³-hybridized carbons (Fsp3) is 0.235. The Hall–Kier alpha value is -2.19. The number of cyclic esters (lactones) is 1. The molecule has 5 nitrogen and oxygen atoms in total. The second kappa shape index (κ2) is 6.27. The molecule has 0 radical (unpaired) electrons. The van der Waals surface area contributed by atoms with Gasteiger partial charge in [0.05, 0.1) is 12.0 Å². The van der Waals surface area contributed by atoms with E-state index in [4.69, 9.17) is 4.74 Å². The summed E-state index contributed by atoms with van der Waals surface area (Å²) in [6.07, 6.45) is 0.607. The van der Waals surface area contributed by atoms with E-state index in [9.17, 15) is 14.0 Å². The molecular weight excluding hydrogens is 363 g/mol. The van der Waals surface area contributed by atoms with E-state index in [1.807, 2.05) is 6.92 Å². The molecule has 1 atom stereocenters. The summed E-state index contributed by atoms with van der Waals surface area (Å²) in [5.74, 6) is -0.600. The van der Waals surface area contributed by atoms with E-state index in [1.54, 1.807) is 12.1 Å². The molecule has 0 spiro atoms. The zero-order valence-corrected chi connectivity index (χ0v) is 14.8. The monoisotopic (exact) mass is 376 g/mol. The minimum Gasteiger partial charge on any atom is -0.465 e. The van der Waals surface area contributed by atoms with Crippen molar-refractivity contribution < 1.29 is 13.9 Å². The molecule has 1 aromatic carbocycles. The molecule has 8 heteroatoms. The summed E-state index contributed by atoms with van der Waals surface area (Å²) >= 11 is 2.63. The zero-order chi connectivity index (χ0) is 17.6. The Balaban J connectivity index is 1.79. The van der Waals surface area contributed by atoms with Crippen molar-refractivity contribution in [3.05, 3.63) is 45.3 Å². The molecule has 0 bridgehead atoms.